The average molecular weight is 113 g/mol. The number of hydrogen-bond donors (Lipinski definition) is 0. The lowest BCUT2D eigenvalue weighted by molar-refractivity contribution is 0.526. The van der Waals surface area contributed by atoms with Crippen molar-refractivity contribution in [3.8, 4) is 0 Å². The van der Waals surface area contributed by atoms with E-state index in [-0.39, 0.29) is 0 Å². The van der Waals surface area contributed by atoms with E-state index in [1.807, 2.05) is 0 Å². The van der Waals surface area contributed by atoms with Gasteiger partial charge < -0.3 is 4.42 Å². The van der Waals surface area contributed by atoms with E-state index in [1.165, 1.54) is 18.7 Å². The van der Waals surface area contributed by atoms with Gasteiger partial charge in [-0.1, -0.05) is 0 Å². The molecule has 0 aliphatic rings. The first-order valence-corrected chi connectivity index (χ1v) is 2.19. The molecule has 1 aromatic heterocycles. The van der Waals surface area contributed by atoms with Crippen molar-refractivity contribution in [2.24, 2.45) is 0 Å². The minimum atomic E-state index is 0.419. The van der Waals surface area contributed by atoms with Crippen molar-refractivity contribution < 1.29 is 4.42 Å². The maximum atomic E-state index is 4.68. The van der Waals surface area contributed by atoms with Gasteiger partial charge in [0.25, 0.3) is 0 Å². The molecule has 0 saturated carbocycles. The second-order valence-corrected chi connectivity index (χ2v) is 1.40. The first-order valence-electron chi connectivity index (χ1n) is 1.78. The molecular weight excluding hydrogens is 110 g/mol. The first-order chi connectivity index (χ1) is 3.39. The van der Waals surface area contributed by atoms with Crippen LogP contribution in [-0.2, 0) is 0 Å². The van der Waals surface area contributed by atoms with Crippen LogP contribution in [0.2, 0.25) is 0 Å². The van der Waals surface area contributed by atoms with Crippen LogP contribution in [0, 0.1) is 4.71 Å². The van der Waals surface area contributed by atoms with Gasteiger partial charge in [-0.25, -0.2) is 0 Å². The topological polar surface area (TPSA) is 26.0 Å². The molecule has 1 aromatic rings. The van der Waals surface area contributed by atoms with E-state index in [1.54, 1.807) is 0 Å². The van der Waals surface area contributed by atoms with Gasteiger partial charge in [0, 0.05) is 0 Å². The zero-order valence-corrected chi connectivity index (χ0v) is 4.31. The summed E-state index contributed by atoms with van der Waals surface area (Å²) < 4.78 is 5.10. The van der Waals surface area contributed by atoms with Crippen LogP contribution >= 0.6 is 12.2 Å². The predicted molar refractivity (Wildman–Crippen MR) is 27.3 cm³/mol. The fourth-order valence-corrected chi connectivity index (χ4v) is 0.383. The van der Waals surface area contributed by atoms with E-state index in [9.17, 15) is 0 Å². The van der Waals surface area contributed by atoms with Crippen molar-refractivity contribution in [3.63, 3.8) is 0 Å². The summed E-state index contributed by atoms with van der Waals surface area (Å²) in [5.41, 5.74) is 0. The normalized spacial score (nSPS) is 8.57. The summed E-state index contributed by atoms with van der Waals surface area (Å²) in [6.07, 6.45) is 4.47. The Morgan fingerprint density at radius 1 is 1.71 bits per heavy atom. The lowest BCUT2D eigenvalue weighted by Gasteiger charge is -1.74. The Balaban J connectivity index is 3.28. The van der Waals surface area contributed by atoms with Crippen LogP contribution in [0.5, 0.6) is 0 Å². The van der Waals surface area contributed by atoms with Crippen molar-refractivity contribution in [3.05, 3.63) is 23.4 Å². The Morgan fingerprint density at radius 3 is 2.86 bits per heavy atom. The van der Waals surface area contributed by atoms with Crippen molar-refractivity contribution >= 4 is 12.2 Å². The molecule has 3 heteroatoms. The summed E-state index contributed by atoms with van der Waals surface area (Å²) in [5.74, 6) is 0. The number of rotatable bonds is 0. The summed E-state index contributed by atoms with van der Waals surface area (Å²) in [4.78, 5) is 3.69. The van der Waals surface area contributed by atoms with Gasteiger partial charge in [-0.2, -0.15) is 0 Å². The molecule has 0 saturated heterocycles. The van der Waals surface area contributed by atoms with E-state index in [4.69, 9.17) is 0 Å². The summed E-state index contributed by atoms with van der Waals surface area (Å²) >= 11 is 4.58. The van der Waals surface area contributed by atoms with Gasteiger partial charge in [-0.3, -0.25) is 4.98 Å². The van der Waals surface area contributed by atoms with E-state index in [2.05, 4.69) is 21.6 Å². The molecule has 0 aliphatic heterocycles. The van der Waals surface area contributed by atoms with Crippen LogP contribution < -0.4 is 0 Å². The third kappa shape index (κ3) is 1.08. The monoisotopic (exact) mass is 113 g/mol. The number of hydrogen-bond acceptors (Lipinski definition) is 3. The lowest BCUT2D eigenvalue weighted by Crippen LogP contribution is -1.63. The molecule has 2 nitrogen and oxygen atoms in total. The van der Waals surface area contributed by atoms with Crippen LogP contribution in [-0.4, -0.2) is 4.98 Å². The third-order valence-corrected chi connectivity index (χ3v) is 0.713. The Labute approximate surface area is 45.8 Å². The van der Waals surface area contributed by atoms with Gasteiger partial charge in [-0.15, -0.1) is 0 Å². The molecule has 1 heterocycles. The Kier molecular flexibility index (Phi) is 1.17. The summed E-state index contributed by atoms with van der Waals surface area (Å²) in [7, 11) is 0. The molecule has 0 spiro atoms. The largest absolute Gasteiger partial charge is 0.450 e. The molecule has 0 aromatic carbocycles. The molecule has 36 valence electrons. The molecule has 0 atom stereocenters. The molecule has 0 amide bonds. The quantitative estimate of drug-likeness (QED) is 0.476. The van der Waals surface area contributed by atoms with Crippen LogP contribution in [0.25, 0.3) is 0 Å². The highest BCUT2D eigenvalue weighted by molar-refractivity contribution is 7.71. The maximum absolute atomic E-state index is 4.68. The Morgan fingerprint density at radius 2 is 2.57 bits per heavy atom. The fourth-order valence-electron chi connectivity index (χ4n) is 0.267. The van der Waals surface area contributed by atoms with Gasteiger partial charge in [0.05, 0.1) is 12.4 Å². The molecule has 7 heavy (non-hydrogen) atoms. The van der Waals surface area contributed by atoms with E-state index in [0.717, 1.165) is 0 Å². The number of nitrogens with zero attached hydrogens (tertiary/aromatic N) is 1. The summed E-state index contributed by atoms with van der Waals surface area (Å²) in [5, 5.41) is 0. The molecule has 0 aliphatic carbocycles. The van der Waals surface area contributed by atoms with Gasteiger partial charge in [-0.05, 0) is 12.2 Å². The van der Waals surface area contributed by atoms with Crippen molar-refractivity contribution in [1.82, 2.24) is 4.98 Å². The lowest BCUT2D eigenvalue weighted by atomic mass is 10.8. The van der Waals surface area contributed by atoms with Crippen molar-refractivity contribution in [2.45, 2.75) is 0 Å². The zero-order valence-electron chi connectivity index (χ0n) is 3.50. The zero-order chi connectivity index (χ0) is 5.11. The van der Waals surface area contributed by atoms with Crippen LogP contribution in [0.4, 0.5) is 0 Å². The van der Waals surface area contributed by atoms with Crippen LogP contribution in [0.15, 0.2) is 23.1 Å². The molecule has 0 radical (unpaired) electrons. The second-order valence-electron chi connectivity index (χ2n) is 1.00. The Hall–Kier alpha value is -0.700. The first kappa shape index (κ1) is 4.46. The second kappa shape index (κ2) is 1.84. The molecule has 0 N–H and O–H groups in total. The number of aromatic nitrogens is 1. The molecule has 0 unspecified atom stereocenters. The standard InChI is InChI=1S/C4H3NOS/c7-4-3-5-1-2-6-4/h1-3H. The molecular formula is C4H3NOS. The van der Waals surface area contributed by atoms with Crippen molar-refractivity contribution in [2.75, 3.05) is 0 Å². The van der Waals surface area contributed by atoms with Gasteiger partial charge in [0.1, 0.15) is 6.26 Å². The molecule has 0 bridgehead atoms. The maximum Gasteiger partial charge on any atom is 0.208 e. The highest BCUT2D eigenvalue weighted by Crippen LogP contribution is 1.82. The van der Waals surface area contributed by atoms with Gasteiger partial charge in [0.2, 0.25) is 4.71 Å². The fraction of sp³-hybridized carbons (Fsp3) is 0. The van der Waals surface area contributed by atoms with Gasteiger partial charge in [0.15, 0.2) is 0 Å². The third-order valence-electron chi connectivity index (χ3n) is 0.511. The molecule has 1 rings (SSSR count). The summed E-state index contributed by atoms with van der Waals surface area (Å²) in [6, 6.07) is 0. The highest BCUT2D eigenvalue weighted by Gasteiger charge is 1.69. The van der Waals surface area contributed by atoms with Crippen molar-refractivity contribution in [1.29, 1.82) is 0 Å². The average Bonchev–Trinajstić information content (AvgIpc) is 1.69. The SMILES string of the molecule is S=c1cncco1. The van der Waals surface area contributed by atoms with E-state index >= 15 is 0 Å². The Bertz CT molecular complexity index is 177. The van der Waals surface area contributed by atoms with Crippen LogP contribution in [0.1, 0.15) is 0 Å². The van der Waals surface area contributed by atoms with Crippen LogP contribution in [0.3, 0.4) is 0 Å². The van der Waals surface area contributed by atoms with E-state index < -0.39 is 0 Å². The minimum Gasteiger partial charge on any atom is -0.450 e. The summed E-state index contributed by atoms with van der Waals surface area (Å²) in [6.45, 7) is 0. The molecule has 0 fully saturated rings. The predicted octanol–water partition coefficient (Wildman–Crippen LogP) is 1.40. The highest BCUT2D eigenvalue weighted by atomic mass is 32.1. The minimum absolute atomic E-state index is 0.419. The smallest absolute Gasteiger partial charge is 0.208 e. The van der Waals surface area contributed by atoms with Gasteiger partial charge >= 0.3 is 0 Å². The van der Waals surface area contributed by atoms with E-state index in [0.29, 0.717) is 4.71 Å².